The lowest BCUT2D eigenvalue weighted by Crippen LogP contribution is -2.32. The fraction of sp³-hybridized carbons (Fsp3) is 0.312. The maximum atomic E-state index is 12.2. The van der Waals surface area contributed by atoms with Gasteiger partial charge in [0.25, 0.3) is 5.91 Å². The highest BCUT2D eigenvalue weighted by Gasteiger charge is 2.14. The molecule has 1 N–H and O–H groups in total. The zero-order chi connectivity index (χ0) is 17.0. The molecule has 0 saturated heterocycles. The smallest absolute Gasteiger partial charge is 0.253 e. The standard InChI is InChI=1S/C16H17ClN4OS/c1-10(2)21(3)16(22)12-6-4-11(5-7-12)9-19-15-13(8-18)14(17)20-23-15/h4-7,10,19H,9H2,1-3H3. The number of benzene rings is 1. The normalized spacial score (nSPS) is 10.4. The van der Waals surface area contributed by atoms with E-state index in [0.717, 1.165) is 17.1 Å². The monoisotopic (exact) mass is 348 g/mol. The average molecular weight is 349 g/mol. The summed E-state index contributed by atoms with van der Waals surface area (Å²) < 4.78 is 3.94. The number of nitrogens with zero attached hydrogens (tertiary/aromatic N) is 3. The van der Waals surface area contributed by atoms with Gasteiger partial charge in [-0.2, -0.15) is 9.64 Å². The van der Waals surface area contributed by atoms with Gasteiger partial charge in [-0.1, -0.05) is 23.7 Å². The predicted octanol–water partition coefficient (Wildman–Crippen LogP) is 3.76. The molecule has 1 amide bonds. The van der Waals surface area contributed by atoms with Crippen LogP contribution < -0.4 is 5.32 Å². The minimum atomic E-state index is 0.000476. The number of carbonyl (C=O) groups excluding carboxylic acids is 1. The summed E-state index contributed by atoms with van der Waals surface area (Å²) in [5.74, 6) is 0.000476. The van der Waals surface area contributed by atoms with Crippen LogP contribution in [0.4, 0.5) is 5.00 Å². The maximum absolute atomic E-state index is 12.2. The molecule has 120 valence electrons. The Hall–Kier alpha value is -2.10. The molecule has 0 radical (unpaired) electrons. The van der Waals surface area contributed by atoms with Crippen LogP contribution >= 0.6 is 23.1 Å². The van der Waals surface area contributed by atoms with Crippen molar-refractivity contribution in [1.29, 1.82) is 5.26 Å². The van der Waals surface area contributed by atoms with Crippen LogP contribution in [0.3, 0.4) is 0 Å². The fourth-order valence-electron chi connectivity index (χ4n) is 1.87. The molecule has 5 nitrogen and oxygen atoms in total. The first-order chi connectivity index (χ1) is 10.9. The fourth-order valence-corrected chi connectivity index (χ4v) is 2.80. The van der Waals surface area contributed by atoms with Crippen LogP contribution in [-0.4, -0.2) is 28.3 Å². The van der Waals surface area contributed by atoms with E-state index in [4.69, 9.17) is 16.9 Å². The molecule has 2 rings (SSSR count). The van der Waals surface area contributed by atoms with Crippen LogP contribution in [0.15, 0.2) is 24.3 Å². The number of amides is 1. The van der Waals surface area contributed by atoms with Gasteiger partial charge in [0.05, 0.1) is 0 Å². The number of carbonyl (C=O) groups is 1. The molecule has 7 heteroatoms. The van der Waals surface area contributed by atoms with E-state index in [1.54, 1.807) is 11.9 Å². The summed E-state index contributed by atoms with van der Waals surface area (Å²) in [6.07, 6.45) is 0. The summed E-state index contributed by atoms with van der Waals surface area (Å²) in [4.78, 5) is 13.9. The number of nitrogens with one attached hydrogen (secondary N) is 1. The van der Waals surface area contributed by atoms with Crippen LogP contribution in [0.2, 0.25) is 5.15 Å². The molecule has 0 aliphatic rings. The molecule has 1 heterocycles. The van der Waals surface area contributed by atoms with Gasteiger partial charge in [-0.3, -0.25) is 4.79 Å². The largest absolute Gasteiger partial charge is 0.370 e. The molecule has 0 unspecified atom stereocenters. The van der Waals surface area contributed by atoms with E-state index >= 15 is 0 Å². The third kappa shape index (κ3) is 4.01. The van der Waals surface area contributed by atoms with Crippen LogP contribution in [0.5, 0.6) is 0 Å². The highest BCUT2D eigenvalue weighted by atomic mass is 35.5. The van der Waals surface area contributed by atoms with Gasteiger partial charge in [-0.05, 0) is 43.1 Å². The van der Waals surface area contributed by atoms with Crippen molar-refractivity contribution in [2.45, 2.75) is 26.4 Å². The molecule has 0 aliphatic carbocycles. The first-order valence-corrected chi connectivity index (χ1v) is 8.24. The van der Waals surface area contributed by atoms with Crippen molar-refractivity contribution in [1.82, 2.24) is 9.27 Å². The van der Waals surface area contributed by atoms with Crippen molar-refractivity contribution >= 4 is 34.0 Å². The molecular formula is C16H17ClN4OS. The summed E-state index contributed by atoms with van der Waals surface area (Å²) in [6.45, 7) is 4.48. The Morgan fingerprint density at radius 2 is 2.09 bits per heavy atom. The highest BCUT2D eigenvalue weighted by molar-refractivity contribution is 7.10. The van der Waals surface area contributed by atoms with Gasteiger partial charge >= 0.3 is 0 Å². The molecule has 0 fully saturated rings. The summed E-state index contributed by atoms with van der Waals surface area (Å²) in [5, 5.41) is 13.0. The second-order valence-electron chi connectivity index (χ2n) is 5.35. The minimum absolute atomic E-state index is 0.000476. The van der Waals surface area contributed by atoms with E-state index in [0.29, 0.717) is 22.7 Å². The van der Waals surface area contributed by atoms with Crippen molar-refractivity contribution in [2.24, 2.45) is 0 Å². The average Bonchev–Trinajstić information content (AvgIpc) is 2.91. The quantitative estimate of drug-likeness (QED) is 0.893. The molecule has 0 bridgehead atoms. The van der Waals surface area contributed by atoms with Crippen LogP contribution in [0.1, 0.15) is 35.3 Å². The third-order valence-corrected chi connectivity index (χ3v) is 4.69. The van der Waals surface area contributed by atoms with E-state index in [-0.39, 0.29) is 17.1 Å². The summed E-state index contributed by atoms with van der Waals surface area (Å²) in [7, 11) is 1.79. The second kappa shape index (κ2) is 7.44. The molecule has 1 aromatic heterocycles. The van der Waals surface area contributed by atoms with Crippen molar-refractivity contribution in [3.8, 4) is 6.07 Å². The Morgan fingerprint density at radius 3 is 2.65 bits per heavy atom. The first-order valence-electron chi connectivity index (χ1n) is 7.09. The number of nitriles is 1. The number of hydrogen-bond donors (Lipinski definition) is 1. The van der Waals surface area contributed by atoms with E-state index < -0.39 is 0 Å². The Labute approximate surface area is 144 Å². The topological polar surface area (TPSA) is 69.0 Å². The van der Waals surface area contributed by atoms with Crippen molar-refractivity contribution in [3.05, 3.63) is 46.1 Å². The lowest BCUT2D eigenvalue weighted by Gasteiger charge is -2.21. The van der Waals surface area contributed by atoms with Gasteiger partial charge in [0.1, 0.15) is 16.6 Å². The zero-order valence-corrected chi connectivity index (χ0v) is 14.7. The Balaban J connectivity index is 2.03. The van der Waals surface area contributed by atoms with E-state index in [2.05, 4.69) is 9.69 Å². The van der Waals surface area contributed by atoms with Gasteiger partial charge in [0.2, 0.25) is 0 Å². The van der Waals surface area contributed by atoms with Crippen molar-refractivity contribution in [3.63, 3.8) is 0 Å². The molecule has 0 atom stereocenters. The summed E-state index contributed by atoms with van der Waals surface area (Å²) >= 11 is 6.99. The number of halogens is 1. The number of rotatable bonds is 5. The minimum Gasteiger partial charge on any atom is -0.370 e. The van der Waals surface area contributed by atoms with Gasteiger partial charge < -0.3 is 10.2 Å². The molecular weight excluding hydrogens is 332 g/mol. The number of anilines is 1. The molecule has 23 heavy (non-hydrogen) atoms. The van der Waals surface area contributed by atoms with Gasteiger partial charge in [-0.25, -0.2) is 0 Å². The molecule has 1 aromatic carbocycles. The van der Waals surface area contributed by atoms with Gasteiger partial charge in [0.15, 0.2) is 5.15 Å². The van der Waals surface area contributed by atoms with E-state index in [9.17, 15) is 4.79 Å². The lowest BCUT2D eigenvalue weighted by atomic mass is 10.1. The maximum Gasteiger partial charge on any atom is 0.253 e. The molecule has 0 saturated carbocycles. The van der Waals surface area contributed by atoms with E-state index in [1.165, 1.54) is 0 Å². The Bertz CT molecular complexity index is 734. The van der Waals surface area contributed by atoms with Crippen LogP contribution in [0.25, 0.3) is 0 Å². The lowest BCUT2D eigenvalue weighted by molar-refractivity contribution is 0.0755. The molecule has 0 aliphatic heterocycles. The highest BCUT2D eigenvalue weighted by Crippen LogP contribution is 2.27. The molecule has 0 spiro atoms. The zero-order valence-electron chi connectivity index (χ0n) is 13.1. The third-order valence-electron chi connectivity index (χ3n) is 3.51. The summed E-state index contributed by atoms with van der Waals surface area (Å²) in [5.41, 5.74) is 2.02. The SMILES string of the molecule is CC(C)N(C)C(=O)c1ccc(CNc2snc(Cl)c2C#N)cc1. The van der Waals surface area contributed by atoms with Crippen molar-refractivity contribution in [2.75, 3.05) is 12.4 Å². The molecule has 2 aromatic rings. The summed E-state index contributed by atoms with van der Waals surface area (Å²) in [6, 6.07) is 9.59. The van der Waals surface area contributed by atoms with Crippen molar-refractivity contribution < 1.29 is 4.79 Å². The van der Waals surface area contributed by atoms with E-state index in [1.807, 2.05) is 44.2 Å². The first kappa shape index (κ1) is 17.3. The predicted molar refractivity (Wildman–Crippen MR) is 92.8 cm³/mol. The number of aromatic nitrogens is 1. The van der Waals surface area contributed by atoms with Crippen LogP contribution in [0, 0.1) is 11.3 Å². The van der Waals surface area contributed by atoms with Gasteiger partial charge in [0, 0.05) is 25.2 Å². The van der Waals surface area contributed by atoms with Gasteiger partial charge in [-0.15, -0.1) is 0 Å². The van der Waals surface area contributed by atoms with Crippen LogP contribution in [-0.2, 0) is 6.54 Å². The second-order valence-corrected chi connectivity index (χ2v) is 6.48. The number of hydrogen-bond acceptors (Lipinski definition) is 5. The Morgan fingerprint density at radius 1 is 1.43 bits per heavy atom. The Kier molecular flexibility index (Phi) is 5.59.